The van der Waals surface area contributed by atoms with E-state index in [0.29, 0.717) is 6.42 Å². The van der Waals surface area contributed by atoms with E-state index in [2.05, 4.69) is 111 Å². The first kappa shape index (κ1) is 39.3. The van der Waals surface area contributed by atoms with Gasteiger partial charge in [-0.3, -0.25) is 4.79 Å². The number of alkyl halides is 1. The highest BCUT2D eigenvalue weighted by Gasteiger charge is 2.48. The Bertz CT molecular complexity index is 1040. The zero-order valence-electron chi connectivity index (χ0n) is 30.2. The summed E-state index contributed by atoms with van der Waals surface area (Å²) in [6.45, 7) is 25.6. The third-order valence-corrected chi connectivity index (χ3v) is 20.1. The summed E-state index contributed by atoms with van der Waals surface area (Å²) >= 11 is 7.15. The van der Waals surface area contributed by atoms with E-state index in [4.69, 9.17) is 25.2 Å². The molecule has 0 aliphatic heterocycles. The Hall–Kier alpha value is -0.926. The molecule has 1 aliphatic carbocycles. The molecule has 44 heavy (non-hydrogen) atoms. The van der Waals surface area contributed by atoms with Gasteiger partial charge in [0.1, 0.15) is 0 Å². The van der Waals surface area contributed by atoms with Crippen LogP contribution in [0.2, 0.25) is 36.3 Å². The monoisotopic (exact) mass is 664 g/mol. The van der Waals surface area contributed by atoms with Crippen molar-refractivity contribution in [2.75, 3.05) is 7.11 Å². The van der Waals surface area contributed by atoms with Gasteiger partial charge in [-0.05, 0) is 85.4 Å². The average molecular weight is 666 g/mol. The van der Waals surface area contributed by atoms with Crippen LogP contribution in [0, 0.1) is 5.92 Å². The second kappa shape index (κ2) is 16.8. The van der Waals surface area contributed by atoms with Crippen LogP contribution in [0.15, 0.2) is 36.4 Å². The number of benzene rings is 1. The van der Waals surface area contributed by atoms with Crippen molar-refractivity contribution < 1.29 is 18.4 Å². The number of ether oxygens (including phenoxy) is 1. The molecule has 2 unspecified atom stereocenters. The molecule has 0 amide bonds. The Balaban J connectivity index is 2.37. The molecule has 1 aliphatic rings. The van der Waals surface area contributed by atoms with Crippen LogP contribution in [0.3, 0.4) is 0 Å². The minimum atomic E-state index is -2.00. The van der Waals surface area contributed by atoms with Gasteiger partial charge >= 0.3 is 5.97 Å². The molecular formula is C37H65ClO4Si2. The second-order valence-electron chi connectivity index (χ2n) is 16.1. The number of methoxy groups -OCH3 is 1. The number of carbonyl (C=O) groups is 1. The van der Waals surface area contributed by atoms with Gasteiger partial charge in [0, 0.05) is 17.7 Å². The van der Waals surface area contributed by atoms with Crippen molar-refractivity contribution in [2.24, 2.45) is 5.92 Å². The summed E-state index contributed by atoms with van der Waals surface area (Å²) in [5.74, 6) is 0.379. The molecular weight excluding hydrogens is 600 g/mol. The molecule has 0 bridgehead atoms. The number of hydrogen-bond acceptors (Lipinski definition) is 4. The lowest BCUT2D eigenvalue weighted by molar-refractivity contribution is -0.140. The fourth-order valence-electron chi connectivity index (χ4n) is 5.65. The first-order valence-corrected chi connectivity index (χ1v) is 23.4. The summed E-state index contributed by atoms with van der Waals surface area (Å²) in [6.07, 6.45) is 13.3. The smallest absolute Gasteiger partial charge is 0.305 e. The largest absolute Gasteiger partial charge is 0.469 e. The molecule has 1 saturated carbocycles. The minimum absolute atomic E-state index is 0.0536. The zero-order chi connectivity index (χ0) is 33.3. The standard InChI is InChI=1S/C37H65ClO4Si2/c1-13-14-17-21-32(41-43(9,10)36(2,3)4)28-23-25-29(26-24-28)35-30(20-18-15-16-19-22-34(39)40-8)31(38)27-33(35)42-44(11,12)37(5,6)7/h15,18,23-26,30-33,35H,13-14,16-17,19-22,27H2,1-12H3/b18-15-/t30?,31-,32?,33-,35+/m0/s1. The minimum Gasteiger partial charge on any atom is -0.469 e. The molecule has 0 aromatic heterocycles. The van der Waals surface area contributed by atoms with E-state index >= 15 is 0 Å². The van der Waals surface area contributed by atoms with Crippen molar-refractivity contribution in [1.82, 2.24) is 0 Å². The van der Waals surface area contributed by atoms with Gasteiger partial charge in [-0.25, -0.2) is 0 Å². The Labute approximate surface area is 278 Å². The third kappa shape index (κ3) is 11.1. The Kier molecular flexibility index (Phi) is 15.0. The highest BCUT2D eigenvalue weighted by atomic mass is 35.5. The van der Waals surface area contributed by atoms with E-state index in [1.807, 2.05) is 0 Å². The number of unbranched alkanes of at least 4 members (excludes halogenated alkanes) is 3. The topological polar surface area (TPSA) is 44.8 Å². The van der Waals surface area contributed by atoms with Crippen molar-refractivity contribution in [3.63, 3.8) is 0 Å². The lowest BCUT2D eigenvalue weighted by atomic mass is 9.84. The highest BCUT2D eigenvalue weighted by molar-refractivity contribution is 6.74. The van der Waals surface area contributed by atoms with Gasteiger partial charge in [-0.1, -0.05) is 104 Å². The van der Waals surface area contributed by atoms with Crippen LogP contribution >= 0.6 is 11.6 Å². The molecule has 0 N–H and O–H groups in total. The molecule has 1 aromatic rings. The molecule has 4 nitrogen and oxygen atoms in total. The predicted octanol–water partition coefficient (Wildman–Crippen LogP) is 11.7. The predicted molar refractivity (Wildman–Crippen MR) is 194 cm³/mol. The van der Waals surface area contributed by atoms with Crippen molar-refractivity contribution in [1.29, 1.82) is 0 Å². The van der Waals surface area contributed by atoms with Crippen LogP contribution in [-0.2, 0) is 18.4 Å². The van der Waals surface area contributed by atoms with E-state index in [1.54, 1.807) is 0 Å². The summed E-state index contributed by atoms with van der Waals surface area (Å²) in [7, 11) is -2.47. The maximum Gasteiger partial charge on any atom is 0.305 e. The zero-order valence-corrected chi connectivity index (χ0v) is 33.0. The van der Waals surface area contributed by atoms with Crippen LogP contribution in [0.4, 0.5) is 0 Å². The first-order valence-electron chi connectivity index (χ1n) is 17.2. The average Bonchev–Trinajstić information content (AvgIpc) is 3.22. The number of esters is 1. The van der Waals surface area contributed by atoms with Gasteiger partial charge in [0.2, 0.25) is 0 Å². The molecule has 7 heteroatoms. The Morgan fingerprint density at radius 1 is 0.955 bits per heavy atom. The van der Waals surface area contributed by atoms with Gasteiger partial charge in [-0.2, -0.15) is 0 Å². The third-order valence-electron chi connectivity index (χ3n) is 10.6. The maximum atomic E-state index is 11.5. The molecule has 0 saturated heterocycles. The van der Waals surface area contributed by atoms with E-state index in [1.165, 1.54) is 37.5 Å². The van der Waals surface area contributed by atoms with Crippen LogP contribution in [-0.4, -0.2) is 41.2 Å². The fourth-order valence-corrected chi connectivity index (χ4v) is 8.76. The van der Waals surface area contributed by atoms with Gasteiger partial charge in [-0.15, -0.1) is 11.6 Å². The molecule has 0 radical (unpaired) electrons. The number of hydrogen-bond donors (Lipinski definition) is 0. The second-order valence-corrected chi connectivity index (χ2v) is 26.1. The van der Waals surface area contributed by atoms with Crippen molar-refractivity contribution >= 4 is 34.2 Å². The maximum absolute atomic E-state index is 11.5. The normalized spacial score (nSPS) is 22.5. The van der Waals surface area contributed by atoms with Gasteiger partial charge < -0.3 is 13.6 Å². The molecule has 0 heterocycles. The first-order chi connectivity index (χ1) is 20.3. The van der Waals surface area contributed by atoms with Crippen molar-refractivity contribution in [3.05, 3.63) is 47.5 Å². The van der Waals surface area contributed by atoms with Crippen molar-refractivity contribution in [2.45, 2.75) is 166 Å². The highest BCUT2D eigenvalue weighted by Crippen LogP contribution is 2.50. The van der Waals surface area contributed by atoms with Crippen LogP contribution < -0.4 is 0 Å². The van der Waals surface area contributed by atoms with E-state index in [-0.39, 0.29) is 45.5 Å². The lowest BCUT2D eigenvalue weighted by Crippen LogP contribution is -2.44. The van der Waals surface area contributed by atoms with E-state index in [9.17, 15) is 4.79 Å². The van der Waals surface area contributed by atoms with Crippen LogP contribution in [0.25, 0.3) is 0 Å². The van der Waals surface area contributed by atoms with Gasteiger partial charge in [0.15, 0.2) is 16.6 Å². The summed E-state index contributed by atoms with van der Waals surface area (Å²) < 4.78 is 18.9. The summed E-state index contributed by atoms with van der Waals surface area (Å²) in [5.41, 5.74) is 2.61. The molecule has 1 fully saturated rings. The summed E-state index contributed by atoms with van der Waals surface area (Å²) in [6, 6.07) is 9.32. The summed E-state index contributed by atoms with van der Waals surface area (Å²) in [5, 5.41) is 0.356. The van der Waals surface area contributed by atoms with Gasteiger partial charge in [0.25, 0.3) is 0 Å². The van der Waals surface area contributed by atoms with Crippen LogP contribution in [0.1, 0.15) is 129 Å². The molecule has 2 rings (SSSR count). The number of carbonyl (C=O) groups excluding carboxylic acids is 1. The lowest BCUT2D eigenvalue weighted by Gasteiger charge is -2.40. The Morgan fingerprint density at radius 2 is 1.57 bits per heavy atom. The van der Waals surface area contributed by atoms with Crippen molar-refractivity contribution in [3.8, 4) is 0 Å². The Morgan fingerprint density at radius 3 is 2.11 bits per heavy atom. The SMILES string of the molecule is CCCCCC(O[Si](C)(C)C(C)(C)C)c1ccc([C@@H]2C(C/C=C\CCCC(=O)OC)[C@@H](Cl)C[C@@H]2O[Si](C)(C)C(C)(C)C)cc1. The molecule has 252 valence electrons. The van der Waals surface area contributed by atoms with Crippen LogP contribution in [0.5, 0.6) is 0 Å². The fraction of sp³-hybridized carbons (Fsp3) is 0.757. The molecule has 0 spiro atoms. The summed E-state index contributed by atoms with van der Waals surface area (Å²) in [4.78, 5) is 11.5. The number of allylic oxidation sites excluding steroid dienone is 2. The van der Waals surface area contributed by atoms with Gasteiger partial charge in [0.05, 0.1) is 19.3 Å². The quantitative estimate of drug-likeness (QED) is 0.0580. The number of rotatable bonds is 16. The molecule has 5 atom stereocenters. The van der Waals surface area contributed by atoms with E-state index < -0.39 is 16.6 Å². The molecule has 1 aromatic carbocycles. The van der Waals surface area contributed by atoms with E-state index in [0.717, 1.165) is 32.1 Å². The number of halogens is 1.